The van der Waals surface area contributed by atoms with Gasteiger partial charge >= 0.3 is 0 Å². The molecule has 1 aliphatic rings. The predicted molar refractivity (Wildman–Crippen MR) is 121 cm³/mol. The highest BCUT2D eigenvalue weighted by Crippen LogP contribution is 2.22. The zero-order valence-electron chi connectivity index (χ0n) is 17.3. The number of hydrogen-bond acceptors (Lipinski definition) is 4. The van der Waals surface area contributed by atoms with Gasteiger partial charge < -0.3 is 10.6 Å². The van der Waals surface area contributed by atoms with Crippen LogP contribution in [-0.4, -0.2) is 22.4 Å². The smallest absolute Gasteiger partial charge is 0.251 e. The first kappa shape index (κ1) is 20.7. The lowest BCUT2D eigenvalue weighted by Gasteiger charge is -2.13. The number of rotatable bonds is 7. The maximum atomic E-state index is 13.5. The lowest BCUT2D eigenvalue weighted by Crippen LogP contribution is -2.24. The van der Waals surface area contributed by atoms with E-state index in [2.05, 4.69) is 26.7 Å². The average Bonchev–Trinajstić information content (AvgIpc) is 2.80. The molecule has 1 heterocycles. The quantitative estimate of drug-likeness (QED) is 0.489. The zero-order valence-corrected chi connectivity index (χ0v) is 17.3. The van der Waals surface area contributed by atoms with Crippen LogP contribution in [0.25, 0.3) is 11.3 Å². The van der Waals surface area contributed by atoms with Gasteiger partial charge in [-0.1, -0.05) is 29.8 Å². The third-order valence-corrected chi connectivity index (χ3v) is 5.30. The first-order valence-electron chi connectivity index (χ1n) is 10.6. The van der Waals surface area contributed by atoms with Crippen molar-refractivity contribution in [1.29, 1.82) is 0 Å². The SMILES string of the molecule is O=C(NCCC1=CCCCC1)c1cccc(Nc2cc(-c3cccc(F)c3)ncn2)c1. The predicted octanol–water partition coefficient (Wildman–Crippen LogP) is 5.65. The first-order valence-corrected chi connectivity index (χ1v) is 10.6. The molecule has 3 aromatic rings. The summed E-state index contributed by atoms with van der Waals surface area (Å²) >= 11 is 0. The highest BCUT2D eigenvalue weighted by Gasteiger charge is 2.09. The van der Waals surface area contributed by atoms with E-state index in [1.54, 1.807) is 30.3 Å². The number of nitrogens with one attached hydrogen (secondary N) is 2. The lowest BCUT2D eigenvalue weighted by atomic mass is 9.97. The van der Waals surface area contributed by atoms with E-state index in [-0.39, 0.29) is 11.7 Å². The number of benzene rings is 2. The molecule has 0 spiro atoms. The molecule has 1 aromatic heterocycles. The molecule has 4 rings (SSSR count). The molecule has 0 saturated heterocycles. The Bertz CT molecular complexity index is 1100. The molecular formula is C25H25FN4O. The number of halogens is 1. The van der Waals surface area contributed by atoms with Gasteiger partial charge in [0, 0.05) is 29.4 Å². The summed E-state index contributed by atoms with van der Waals surface area (Å²) in [6.07, 6.45) is 9.46. The third kappa shape index (κ3) is 5.75. The van der Waals surface area contributed by atoms with E-state index in [4.69, 9.17) is 0 Å². The third-order valence-electron chi connectivity index (χ3n) is 5.30. The fourth-order valence-corrected chi connectivity index (χ4v) is 3.69. The van der Waals surface area contributed by atoms with Crippen molar-refractivity contribution in [2.75, 3.05) is 11.9 Å². The van der Waals surface area contributed by atoms with Gasteiger partial charge in [-0.15, -0.1) is 0 Å². The van der Waals surface area contributed by atoms with Crippen LogP contribution in [0.4, 0.5) is 15.9 Å². The molecule has 0 bridgehead atoms. The largest absolute Gasteiger partial charge is 0.352 e. The van der Waals surface area contributed by atoms with E-state index >= 15 is 0 Å². The van der Waals surface area contributed by atoms with Crippen molar-refractivity contribution in [3.8, 4) is 11.3 Å². The minimum absolute atomic E-state index is 0.0943. The molecule has 0 fully saturated rings. The van der Waals surface area contributed by atoms with Gasteiger partial charge in [-0.2, -0.15) is 0 Å². The number of hydrogen-bond donors (Lipinski definition) is 2. The Morgan fingerprint density at radius 2 is 1.94 bits per heavy atom. The van der Waals surface area contributed by atoms with Crippen molar-refractivity contribution in [3.63, 3.8) is 0 Å². The summed E-state index contributed by atoms with van der Waals surface area (Å²) in [6.45, 7) is 0.644. The second-order valence-electron chi connectivity index (χ2n) is 7.62. The van der Waals surface area contributed by atoms with E-state index in [1.807, 2.05) is 12.1 Å². The number of carbonyl (C=O) groups is 1. The lowest BCUT2D eigenvalue weighted by molar-refractivity contribution is 0.0954. The van der Waals surface area contributed by atoms with E-state index in [1.165, 1.54) is 36.9 Å². The molecule has 2 N–H and O–H groups in total. The van der Waals surface area contributed by atoms with Gasteiger partial charge in [0.25, 0.3) is 5.91 Å². The van der Waals surface area contributed by atoms with Crippen LogP contribution in [0.15, 0.2) is 72.6 Å². The number of nitrogens with zero attached hydrogens (tertiary/aromatic N) is 2. The van der Waals surface area contributed by atoms with Gasteiger partial charge in [0.1, 0.15) is 18.0 Å². The van der Waals surface area contributed by atoms with Crippen molar-refractivity contribution in [2.24, 2.45) is 0 Å². The van der Waals surface area contributed by atoms with Gasteiger partial charge in [-0.25, -0.2) is 14.4 Å². The zero-order chi connectivity index (χ0) is 21.5. The minimum Gasteiger partial charge on any atom is -0.352 e. The summed E-state index contributed by atoms with van der Waals surface area (Å²) in [4.78, 5) is 21.0. The Morgan fingerprint density at radius 3 is 2.77 bits per heavy atom. The molecule has 0 radical (unpaired) electrons. The number of allylic oxidation sites excluding steroid dienone is 1. The molecule has 5 nitrogen and oxygen atoms in total. The molecule has 0 aliphatic heterocycles. The molecule has 0 saturated carbocycles. The molecule has 1 amide bonds. The van der Waals surface area contributed by atoms with Gasteiger partial charge in [0.05, 0.1) is 5.69 Å². The summed E-state index contributed by atoms with van der Waals surface area (Å²) < 4.78 is 13.5. The van der Waals surface area contributed by atoms with Crippen molar-refractivity contribution in [1.82, 2.24) is 15.3 Å². The maximum Gasteiger partial charge on any atom is 0.251 e. The van der Waals surface area contributed by atoms with Crippen LogP contribution < -0.4 is 10.6 Å². The van der Waals surface area contributed by atoms with E-state index in [0.29, 0.717) is 29.2 Å². The normalized spacial score (nSPS) is 13.4. The van der Waals surface area contributed by atoms with Gasteiger partial charge in [0.15, 0.2) is 0 Å². The highest BCUT2D eigenvalue weighted by atomic mass is 19.1. The molecular weight excluding hydrogens is 391 g/mol. The van der Waals surface area contributed by atoms with Gasteiger partial charge in [-0.3, -0.25) is 4.79 Å². The fraction of sp³-hybridized carbons (Fsp3) is 0.240. The number of amides is 1. The van der Waals surface area contributed by atoms with E-state index in [0.717, 1.165) is 24.9 Å². The molecule has 6 heteroatoms. The molecule has 0 atom stereocenters. The second kappa shape index (κ2) is 9.98. The summed E-state index contributed by atoms with van der Waals surface area (Å²) in [7, 11) is 0. The number of carbonyl (C=O) groups excluding carboxylic acids is 1. The van der Waals surface area contributed by atoms with E-state index in [9.17, 15) is 9.18 Å². The second-order valence-corrected chi connectivity index (χ2v) is 7.62. The summed E-state index contributed by atoms with van der Waals surface area (Å²) in [5.41, 5.74) is 4.06. The van der Waals surface area contributed by atoms with Crippen LogP contribution >= 0.6 is 0 Å². The first-order chi connectivity index (χ1) is 15.2. The molecule has 2 aromatic carbocycles. The van der Waals surface area contributed by atoms with Crippen LogP contribution in [-0.2, 0) is 0 Å². The fourth-order valence-electron chi connectivity index (χ4n) is 3.69. The summed E-state index contributed by atoms with van der Waals surface area (Å²) in [5.74, 6) is 0.156. The van der Waals surface area contributed by atoms with Gasteiger partial charge in [0.2, 0.25) is 0 Å². The Labute approximate surface area is 181 Å². The Morgan fingerprint density at radius 1 is 1.03 bits per heavy atom. The standard InChI is InChI=1S/C25H25FN4O/c26-21-10-4-8-19(14-21)23-16-24(29-17-28-23)30-22-11-5-9-20(15-22)25(31)27-13-12-18-6-2-1-3-7-18/h4-6,8-11,14-17H,1-3,7,12-13H2,(H,27,31)(H,28,29,30). The summed E-state index contributed by atoms with van der Waals surface area (Å²) in [6, 6.07) is 15.3. The Kier molecular flexibility index (Phi) is 6.67. The Balaban J connectivity index is 1.40. The van der Waals surface area contributed by atoms with Crippen LogP contribution in [0.1, 0.15) is 42.5 Å². The van der Waals surface area contributed by atoms with Crippen molar-refractivity contribution in [2.45, 2.75) is 32.1 Å². The number of anilines is 2. The average molecular weight is 417 g/mol. The number of aromatic nitrogens is 2. The van der Waals surface area contributed by atoms with Crippen LogP contribution in [0, 0.1) is 5.82 Å². The van der Waals surface area contributed by atoms with Crippen LogP contribution in [0.5, 0.6) is 0 Å². The molecule has 31 heavy (non-hydrogen) atoms. The molecule has 1 aliphatic carbocycles. The molecule has 0 unspecified atom stereocenters. The maximum absolute atomic E-state index is 13.5. The van der Waals surface area contributed by atoms with Crippen LogP contribution in [0.3, 0.4) is 0 Å². The molecule has 158 valence electrons. The summed E-state index contributed by atoms with van der Waals surface area (Å²) in [5, 5.41) is 6.20. The van der Waals surface area contributed by atoms with Crippen molar-refractivity contribution < 1.29 is 9.18 Å². The monoisotopic (exact) mass is 416 g/mol. The van der Waals surface area contributed by atoms with Crippen molar-refractivity contribution in [3.05, 3.63) is 84.0 Å². The highest BCUT2D eigenvalue weighted by molar-refractivity contribution is 5.95. The minimum atomic E-state index is -0.316. The van der Waals surface area contributed by atoms with Crippen molar-refractivity contribution >= 4 is 17.4 Å². The van der Waals surface area contributed by atoms with Crippen LogP contribution in [0.2, 0.25) is 0 Å². The van der Waals surface area contributed by atoms with E-state index < -0.39 is 0 Å². The topological polar surface area (TPSA) is 66.9 Å². The Hall–Kier alpha value is -3.54. The van der Waals surface area contributed by atoms with Gasteiger partial charge in [-0.05, 0) is 62.4 Å².